The van der Waals surface area contributed by atoms with Gasteiger partial charge >= 0.3 is 0 Å². The van der Waals surface area contributed by atoms with Crippen LogP contribution >= 0.6 is 0 Å². The van der Waals surface area contributed by atoms with E-state index < -0.39 is 0 Å². The van der Waals surface area contributed by atoms with E-state index in [9.17, 15) is 4.79 Å². The minimum atomic E-state index is -0.175. The Morgan fingerprint density at radius 2 is 2.26 bits per heavy atom. The van der Waals surface area contributed by atoms with Crippen LogP contribution in [0.5, 0.6) is 0 Å². The number of unbranched alkanes of at least 4 members (excludes halogenated alkanes) is 1. The Morgan fingerprint density at radius 1 is 1.37 bits per heavy atom. The average Bonchev–Trinajstić information content (AvgIpc) is 2.98. The predicted molar refractivity (Wildman–Crippen MR) is 72.0 cm³/mol. The third kappa shape index (κ3) is 3.62. The first kappa shape index (κ1) is 13.2. The number of nitrogens with two attached hydrogens (primary N) is 1. The molecule has 0 aliphatic rings. The fraction of sp³-hybridized carbons (Fsp3) is 0.308. The molecule has 0 saturated carbocycles. The number of carbonyl (C=O) groups excluding carboxylic acids is 1. The summed E-state index contributed by atoms with van der Waals surface area (Å²) in [5.41, 5.74) is 6.60. The number of hydrogen-bond donors (Lipinski definition) is 2. The standard InChI is InChI=1S/C13H17N5O/c14-5-1-2-6-16-13(19)12-10-11(4-8-15-12)18-9-3-7-17-18/h3-4,7-10H,1-2,5-6,14H2,(H,16,19). The third-order valence-electron chi connectivity index (χ3n) is 2.66. The van der Waals surface area contributed by atoms with Gasteiger partial charge in [-0.3, -0.25) is 9.78 Å². The van der Waals surface area contributed by atoms with E-state index in [-0.39, 0.29) is 5.91 Å². The SMILES string of the molecule is NCCCCNC(=O)c1cc(-n2cccn2)ccn1. The molecule has 0 radical (unpaired) electrons. The Labute approximate surface area is 111 Å². The molecule has 1 amide bonds. The molecule has 3 N–H and O–H groups in total. The summed E-state index contributed by atoms with van der Waals surface area (Å²) in [6.45, 7) is 1.26. The monoisotopic (exact) mass is 259 g/mol. The maximum atomic E-state index is 11.9. The molecule has 6 nitrogen and oxygen atoms in total. The lowest BCUT2D eigenvalue weighted by atomic mass is 10.3. The van der Waals surface area contributed by atoms with E-state index in [0.29, 0.717) is 18.8 Å². The quantitative estimate of drug-likeness (QED) is 0.749. The van der Waals surface area contributed by atoms with Crippen molar-refractivity contribution in [3.63, 3.8) is 0 Å². The Bertz CT molecular complexity index is 524. The van der Waals surface area contributed by atoms with Crippen molar-refractivity contribution in [3.8, 4) is 5.69 Å². The van der Waals surface area contributed by atoms with Crippen molar-refractivity contribution >= 4 is 5.91 Å². The summed E-state index contributed by atoms with van der Waals surface area (Å²) in [6.07, 6.45) is 6.89. The number of nitrogens with one attached hydrogen (secondary N) is 1. The number of pyridine rings is 1. The molecule has 0 aromatic carbocycles. The van der Waals surface area contributed by atoms with Gasteiger partial charge in [-0.2, -0.15) is 5.10 Å². The van der Waals surface area contributed by atoms with Crippen molar-refractivity contribution < 1.29 is 4.79 Å². The molecule has 100 valence electrons. The second kappa shape index (κ2) is 6.65. The predicted octanol–water partition coefficient (Wildman–Crippen LogP) is 0.736. The summed E-state index contributed by atoms with van der Waals surface area (Å²) in [6, 6.07) is 5.34. The van der Waals surface area contributed by atoms with Gasteiger partial charge in [-0.15, -0.1) is 0 Å². The summed E-state index contributed by atoms with van der Waals surface area (Å²) >= 11 is 0. The highest BCUT2D eigenvalue weighted by Gasteiger charge is 2.07. The minimum absolute atomic E-state index is 0.175. The first-order valence-corrected chi connectivity index (χ1v) is 6.25. The van der Waals surface area contributed by atoms with Gasteiger partial charge in [-0.1, -0.05) is 0 Å². The molecule has 0 spiro atoms. The van der Waals surface area contributed by atoms with Crippen LogP contribution < -0.4 is 11.1 Å². The summed E-state index contributed by atoms with van der Waals surface area (Å²) in [5.74, 6) is -0.175. The molecule has 0 bridgehead atoms. The van der Waals surface area contributed by atoms with Gasteiger partial charge in [0, 0.05) is 25.1 Å². The Morgan fingerprint density at radius 3 is 3.00 bits per heavy atom. The number of hydrogen-bond acceptors (Lipinski definition) is 4. The van der Waals surface area contributed by atoms with E-state index in [2.05, 4.69) is 15.4 Å². The second-order valence-corrected chi connectivity index (χ2v) is 4.10. The van der Waals surface area contributed by atoms with Gasteiger partial charge in [0.15, 0.2) is 0 Å². The Hall–Kier alpha value is -2.21. The molecular weight excluding hydrogens is 242 g/mol. The van der Waals surface area contributed by atoms with Gasteiger partial charge in [0.1, 0.15) is 5.69 Å². The van der Waals surface area contributed by atoms with Crippen LogP contribution in [0.1, 0.15) is 23.3 Å². The molecule has 19 heavy (non-hydrogen) atoms. The molecule has 2 aromatic heterocycles. The summed E-state index contributed by atoms with van der Waals surface area (Å²) in [4.78, 5) is 16.0. The van der Waals surface area contributed by atoms with Crippen molar-refractivity contribution in [2.24, 2.45) is 5.73 Å². The summed E-state index contributed by atoms with van der Waals surface area (Å²) in [5, 5.41) is 6.94. The lowest BCUT2D eigenvalue weighted by Crippen LogP contribution is -2.25. The Kier molecular flexibility index (Phi) is 4.63. The molecule has 2 heterocycles. The van der Waals surface area contributed by atoms with Gasteiger partial charge in [-0.25, -0.2) is 4.68 Å². The lowest BCUT2D eigenvalue weighted by molar-refractivity contribution is 0.0948. The van der Waals surface area contributed by atoms with E-state index >= 15 is 0 Å². The van der Waals surface area contributed by atoms with Gasteiger partial charge in [0.25, 0.3) is 5.91 Å². The molecular formula is C13H17N5O. The zero-order valence-electron chi connectivity index (χ0n) is 10.6. The van der Waals surface area contributed by atoms with E-state index in [4.69, 9.17) is 5.73 Å². The number of aromatic nitrogens is 3. The number of carbonyl (C=O) groups is 1. The smallest absolute Gasteiger partial charge is 0.269 e. The maximum Gasteiger partial charge on any atom is 0.269 e. The van der Waals surface area contributed by atoms with Crippen molar-refractivity contribution in [1.82, 2.24) is 20.1 Å². The summed E-state index contributed by atoms with van der Waals surface area (Å²) in [7, 11) is 0. The molecule has 0 aliphatic carbocycles. The van der Waals surface area contributed by atoms with Crippen molar-refractivity contribution in [2.45, 2.75) is 12.8 Å². The number of rotatable bonds is 6. The van der Waals surface area contributed by atoms with Crippen LogP contribution in [0.3, 0.4) is 0 Å². The molecule has 0 fully saturated rings. The van der Waals surface area contributed by atoms with Crippen LogP contribution in [0.25, 0.3) is 5.69 Å². The fourth-order valence-corrected chi connectivity index (χ4v) is 1.67. The van der Waals surface area contributed by atoms with Gasteiger partial charge in [0.2, 0.25) is 0 Å². The highest BCUT2D eigenvalue weighted by atomic mass is 16.1. The van der Waals surface area contributed by atoms with Crippen LogP contribution in [-0.2, 0) is 0 Å². The van der Waals surface area contributed by atoms with E-state index in [1.807, 2.05) is 12.3 Å². The molecule has 0 unspecified atom stereocenters. The van der Waals surface area contributed by atoms with Crippen LogP contribution in [-0.4, -0.2) is 33.8 Å². The van der Waals surface area contributed by atoms with E-state index in [1.165, 1.54) is 0 Å². The second-order valence-electron chi connectivity index (χ2n) is 4.10. The zero-order chi connectivity index (χ0) is 13.5. The zero-order valence-corrected chi connectivity index (χ0v) is 10.6. The summed E-state index contributed by atoms with van der Waals surface area (Å²) < 4.78 is 1.69. The molecule has 0 saturated heterocycles. The van der Waals surface area contributed by atoms with Crippen molar-refractivity contribution in [1.29, 1.82) is 0 Å². The maximum absolute atomic E-state index is 11.9. The molecule has 2 aromatic rings. The fourth-order valence-electron chi connectivity index (χ4n) is 1.67. The largest absolute Gasteiger partial charge is 0.351 e. The highest BCUT2D eigenvalue weighted by Crippen LogP contribution is 2.06. The molecule has 2 rings (SSSR count). The molecule has 6 heteroatoms. The van der Waals surface area contributed by atoms with Crippen LogP contribution in [0.2, 0.25) is 0 Å². The third-order valence-corrected chi connectivity index (χ3v) is 2.66. The van der Waals surface area contributed by atoms with E-state index in [1.54, 1.807) is 29.2 Å². The first-order valence-electron chi connectivity index (χ1n) is 6.25. The number of amides is 1. The van der Waals surface area contributed by atoms with Crippen LogP contribution in [0.4, 0.5) is 0 Å². The molecule has 0 aliphatic heterocycles. The topological polar surface area (TPSA) is 85.8 Å². The van der Waals surface area contributed by atoms with Crippen molar-refractivity contribution in [3.05, 3.63) is 42.5 Å². The van der Waals surface area contributed by atoms with Gasteiger partial charge < -0.3 is 11.1 Å². The normalized spacial score (nSPS) is 10.4. The molecule has 0 atom stereocenters. The van der Waals surface area contributed by atoms with E-state index in [0.717, 1.165) is 18.5 Å². The number of nitrogens with zero attached hydrogens (tertiary/aromatic N) is 3. The van der Waals surface area contributed by atoms with Crippen LogP contribution in [0, 0.1) is 0 Å². The van der Waals surface area contributed by atoms with Crippen LogP contribution in [0.15, 0.2) is 36.8 Å². The lowest BCUT2D eigenvalue weighted by Gasteiger charge is -2.06. The first-order chi connectivity index (χ1) is 9.31. The average molecular weight is 259 g/mol. The Balaban J connectivity index is 2.00. The minimum Gasteiger partial charge on any atom is -0.351 e. The van der Waals surface area contributed by atoms with Gasteiger partial charge in [0.05, 0.1) is 5.69 Å². The van der Waals surface area contributed by atoms with Gasteiger partial charge in [-0.05, 0) is 37.6 Å². The van der Waals surface area contributed by atoms with Crippen molar-refractivity contribution in [2.75, 3.05) is 13.1 Å². The highest BCUT2D eigenvalue weighted by molar-refractivity contribution is 5.92.